The molecule has 2 N–H and O–H groups in total. The van der Waals surface area contributed by atoms with Gasteiger partial charge in [-0.25, -0.2) is 4.39 Å². The van der Waals surface area contributed by atoms with Gasteiger partial charge in [0.25, 0.3) is 0 Å². The third-order valence-electron chi connectivity index (χ3n) is 2.48. The molecule has 0 aliphatic rings. The first-order valence-electron chi connectivity index (χ1n) is 4.65. The third-order valence-corrected chi connectivity index (χ3v) is 2.48. The van der Waals surface area contributed by atoms with Crippen LogP contribution in [-0.2, 0) is 10.2 Å². The van der Waals surface area contributed by atoms with Gasteiger partial charge in [-0.15, -0.1) is 0 Å². The molecule has 0 aliphatic carbocycles. The van der Waals surface area contributed by atoms with Crippen LogP contribution >= 0.6 is 0 Å². The van der Waals surface area contributed by atoms with Crippen LogP contribution in [0.15, 0.2) is 24.3 Å². The summed E-state index contributed by atoms with van der Waals surface area (Å²) in [6.45, 7) is -0.308. The Kier molecular flexibility index (Phi) is 4.20. The minimum atomic E-state index is -0.859. The first-order chi connectivity index (χ1) is 7.18. The van der Waals surface area contributed by atoms with Crippen LogP contribution in [0, 0.1) is 5.82 Å². The Morgan fingerprint density at radius 2 is 1.73 bits per heavy atom. The van der Waals surface area contributed by atoms with Crippen molar-refractivity contribution in [3.63, 3.8) is 0 Å². The number of benzene rings is 1. The highest BCUT2D eigenvalue weighted by molar-refractivity contribution is 5.26. The van der Waals surface area contributed by atoms with Gasteiger partial charge in [0, 0.05) is 7.11 Å². The molecule has 0 aliphatic heterocycles. The van der Waals surface area contributed by atoms with Crippen LogP contribution in [-0.4, -0.2) is 37.1 Å². The second-order valence-electron chi connectivity index (χ2n) is 3.54. The number of aliphatic hydroxyl groups excluding tert-OH is 2. The Bertz CT molecular complexity index is 293. The number of hydrogen-bond acceptors (Lipinski definition) is 3. The number of hydrogen-bond donors (Lipinski definition) is 2. The van der Waals surface area contributed by atoms with Crippen molar-refractivity contribution in [1.82, 2.24) is 0 Å². The summed E-state index contributed by atoms with van der Waals surface area (Å²) in [4.78, 5) is 0. The monoisotopic (exact) mass is 214 g/mol. The second-order valence-corrected chi connectivity index (χ2v) is 3.54. The summed E-state index contributed by atoms with van der Waals surface area (Å²) in [5, 5.41) is 18.6. The number of halogens is 1. The van der Waals surface area contributed by atoms with Crippen LogP contribution in [0.2, 0.25) is 0 Å². The molecule has 84 valence electrons. The molecule has 0 aromatic heterocycles. The smallest absolute Gasteiger partial charge is 0.123 e. The lowest BCUT2D eigenvalue weighted by molar-refractivity contribution is 0.0418. The largest absolute Gasteiger partial charge is 0.395 e. The van der Waals surface area contributed by atoms with E-state index in [1.807, 2.05) is 0 Å². The van der Waals surface area contributed by atoms with Crippen molar-refractivity contribution < 1.29 is 19.3 Å². The normalized spacial score (nSPS) is 11.7. The molecule has 15 heavy (non-hydrogen) atoms. The van der Waals surface area contributed by atoms with Gasteiger partial charge in [0.15, 0.2) is 0 Å². The summed E-state index contributed by atoms with van der Waals surface area (Å²) < 4.78 is 17.7. The van der Waals surface area contributed by atoms with Crippen molar-refractivity contribution in [3.8, 4) is 0 Å². The first kappa shape index (κ1) is 12.1. The highest BCUT2D eigenvalue weighted by Gasteiger charge is 2.31. The zero-order chi connectivity index (χ0) is 11.3. The first-order valence-corrected chi connectivity index (χ1v) is 4.65. The average molecular weight is 214 g/mol. The fraction of sp³-hybridized carbons (Fsp3) is 0.455. The lowest BCUT2D eigenvalue weighted by atomic mass is 9.83. The third kappa shape index (κ3) is 2.53. The Hall–Kier alpha value is -0.970. The molecule has 1 aromatic carbocycles. The number of ether oxygens (including phenoxy) is 1. The van der Waals surface area contributed by atoms with Crippen LogP contribution in [0.5, 0.6) is 0 Å². The molecule has 1 rings (SSSR count). The van der Waals surface area contributed by atoms with Crippen molar-refractivity contribution >= 4 is 0 Å². The molecule has 0 spiro atoms. The van der Waals surface area contributed by atoms with Gasteiger partial charge >= 0.3 is 0 Å². The molecular formula is C11H15FO3. The SMILES string of the molecule is COCC(CO)(CO)c1ccc(F)cc1. The van der Waals surface area contributed by atoms with Gasteiger partial charge in [0.2, 0.25) is 0 Å². The van der Waals surface area contributed by atoms with Crippen molar-refractivity contribution in [3.05, 3.63) is 35.6 Å². The lowest BCUT2D eigenvalue weighted by Gasteiger charge is -2.29. The molecule has 0 bridgehead atoms. The van der Waals surface area contributed by atoms with E-state index in [2.05, 4.69) is 0 Å². The van der Waals surface area contributed by atoms with E-state index in [1.54, 1.807) is 12.1 Å². The molecule has 1 aromatic rings. The van der Waals surface area contributed by atoms with Crippen LogP contribution in [0.4, 0.5) is 4.39 Å². The number of rotatable bonds is 5. The quantitative estimate of drug-likeness (QED) is 0.758. The minimum absolute atomic E-state index is 0.186. The Morgan fingerprint density at radius 3 is 2.13 bits per heavy atom. The highest BCUT2D eigenvalue weighted by Crippen LogP contribution is 2.23. The molecule has 0 saturated carbocycles. The molecule has 4 heteroatoms. The molecule has 0 fully saturated rings. The minimum Gasteiger partial charge on any atom is -0.395 e. The zero-order valence-electron chi connectivity index (χ0n) is 8.61. The summed E-state index contributed by atoms with van der Waals surface area (Å²) >= 11 is 0. The van der Waals surface area contributed by atoms with Crippen LogP contribution in [0.3, 0.4) is 0 Å². The van der Waals surface area contributed by atoms with E-state index in [0.717, 1.165) is 0 Å². The molecule has 3 nitrogen and oxygen atoms in total. The molecule has 0 heterocycles. The van der Waals surface area contributed by atoms with Gasteiger partial charge in [0.05, 0.1) is 25.2 Å². The topological polar surface area (TPSA) is 49.7 Å². The average Bonchev–Trinajstić information content (AvgIpc) is 2.27. The molecule has 0 unspecified atom stereocenters. The van der Waals surface area contributed by atoms with Gasteiger partial charge in [-0.05, 0) is 17.7 Å². The zero-order valence-corrected chi connectivity index (χ0v) is 8.61. The van der Waals surface area contributed by atoms with Crippen molar-refractivity contribution in [2.24, 2.45) is 0 Å². The van der Waals surface area contributed by atoms with Crippen molar-refractivity contribution in [1.29, 1.82) is 0 Å². The number of methoxy groups -OCH3 is 1. The predicted octanol–water partition coefficient (Wildman–Crippen LogP) is 0.694. The number of aliphatic hydroxyl groups is 2. The maximum Gasteiger partial charge on any atom is 0.123 e. The second kappa shape index (κ2) is 5.21. The van der Waals surface area contributed by atoms with Crippen LogP contribution in [0.25, 0.3) is 0 Å². The van der Waals surface area contributed by atoms with Gasteiger partial charge in [0.1, 0.15) is 5.82 Å². The van der Waals surface area contributed by atoms with E-state index in [1.165, 1.54) is 19.2 Å². The van der Waals surface area contributed by atoms with Gasteiger partial charge in [-0.3, -0.25) is 0 Å². The van der Waals surface area contributed by atoms with Gasteiger partial charge in [-0.1, -0.05) is 12.1 Å². The summed E-state index contributed by atoms with van der Waals surface area (Å²) in [6.07, 6.45) is 0. The molecular weight excluding hydrogens is 199 g/mol. The summed E-state index contributed by atoms with van der Waals surface area (Å²) in [5.41, 5.74) is -0.196. The fourth-order valence-corrected chi connectivity index (χ4v) is 1.49. The van der Waals surface area contributed by atoms with Gasteiger partial charge < -0.3 is 14.9 Å². The molecule has 0 amide bonds. The van der Waals surface area contributed by atoms with Crippen LogP contribution < -0.4 is 0 Å². The maximum absolute atomic E-state index is 12.7. The lowest BCUT2D eigenvalue weighted by Crippen LogP contribution is -2.39. The van der Waals surface area contributed by atoms with E-state index >= 15 is 0 Å². The standard InChI is InChI=1S/C11H15FO3/c1-15-8-11(6-13,7-14)9-2-4-10(12)5-3-9/h2-5,13-14H,6-8H2,1H3. The van der Waals surface area contributed by atoms with Crippen molar-refractivity contribution in [2.75, 3.05) is 26.9 Å². The van der Waals surface area contributed by atoms with E-state index < -0.39 is 5.41 Å². The molecule has 0 radical (unpaired) electrons. The van der Waals surface area contributed by atoms with E-state index in [-0.39, 0.29) is 25.6 Å². The molecule has 0 atom stereocenters. The summed E-state index contributed by atoms with van der Waals surface area (Å²) in [5.74, 6) is -0.346. The Morgan fingerprint density at radius 1 is 1.20 bits per heavy atom. The van der Waals surface area contributed by atoms with Crippen LogP contribution in [0.1, 0.15) is 5.56 Å². The molecule has 0 saturated heterocycles. The van der Waals surface area contributed by atoms with E-state index in [9.17, 15) is 14.6 Å². The van der Waals surface area contributed by atoms with Gasteiger partial charge in [-0.2, -0.15) is 0 Å². The van der Waals surface area contributed by atoms with E-state index in [0.29, 0.717) is 5.56 Å². The van der Waals surface area contributed by atoms with E-state index in [4.69, 9.17) is 4.74 Å². The summed E-state index contributed by atoms with van der Waals surface area (Å²) in [7, 11) is 1.49. The fourth-order valence-electron chi connectivity index (χ4n) is 1.49. The Labute approximate surface area is 88.1 Å². The maximum atomic E-state index is 12.7. The summed E-state index contributed by atoms with van der Waals surface area (Å²) in [6, 6.07) is 5.68. The van der Waals surface area contributed by atoms with Crippen molar-refractivity contribution in [2.45, 2.75) is 5.41 Å². The predicted molar refractivity (Wildman–Crippen MR) is 54.1 cm³/mol. The highest BCUT2D eigenvalue weighted by atomic mass is 19.1. The Balaban J connectivity index is 3.02.